The number of para-hydroxylation sites is 1. The van der Waals surface area contributed by atoms with Gasteiger partial charge in [0.05, 0.1) is 12.7 Å². The molecule has 0 aromatic heterocycles. The van der Waals surface area contributed by atoms with E-state index in [1.165, 1.54) is 7.11 Å². The molecule has 0 unspecified atom stereocenters. The molecule has 0 saturated heterocycles. The number of carbonyl (C=O) groups excluding carboxylic acids is 1. The molecule has 0 spiro atoms. The molecule has 0 aliphatic carbocycles. The van der Waals surface area contributed by atoms with Gasteiger partial charge in [0, 0.05) is 12.1 Å². The van der Waals surface area contributed by atoms with Crippen molar-refractivity contribution < 1.29 is 9.53 Å². The Hall–Kier alpha value is -1.51. The Labute approximate surface area is 84.1 Å². The zero-order valence-electron chi connectivity index (χ0n) is 8.63. The highest BCUT2D eigenvalue weighted by molar-refractivity contribution is 5.96. The molecule has 3 nitrogen and oxygen atoms in total. The third-order valence-electron chi connectivity index (χ3n) is 1.69. The molecule has 1 aromatic rings. The summed E-state index contributed by atoms with van der Waals surface area (Å²) in [4.78, 5) is 11.6. The third-order valence-corrected chi connectivity index (χ3v) is 1.69. The number of amides is 1. The van der Waals surface area contributed by atoms with E-state index >= 15 is 0 Å². The molecule has 0 atom stereocenters. The van der Waals surface area contributed by atoms with E-state index in [0.29, 0.717) is 11.3 Å². The molecule has 14 heavy (non-hydrogen) atoms. The Bertz CT molecular complexity index is 321. The summed E-state index contributed by atoms with van der Waals surface area (Å²) in [6.07, 6.45) is 0. The van der Waals surface area contributed by atoms with E-state index < -0.39 is 0 Å². The first-order valence-electron chi connectivity index (χ1n) is 4.50. The van der Waals surface area contributed by atoms with Crippen LogP contribution >= 0.6 is 0 Å². The second-order valence-corrected chi connectivity index (χ2v) is 3.25. The van der Waals surface area contributed by atoms with Gasteiger partial charge in [-0.15, -0.1) is 0 Å². The average Bonchev–Trinajstić information content (AvgIpc) is 2.16. The summed E-state index contributed by atoms with van der Waals surface area (Å²) in [6, 6.07) is 8.17. The zero-order valence-corrected chi connectivity index (χ0v) is 8.63. The summed E-state index contributed by atoms with van der Waals surface area (Å²) >= 11 is 0. The van der Waals surface area contributed by atoms with Crippen LogP contribution in [-0.4, -0.2) is 19.1 Å². The van der Waals surface area contributed by atoms with Crippen molar-refractivity contribution in [3.8, 4) is 5.75 Å². The molecule has 1 rings (SSSR count). The van der Waals surface area contributed by atoms with E-state index in [9.17, 15) is 4.79 Å². The van der Waals surface area contributed by atoms with Gasteiger partial charge < -0.3 is 10.1 Å². The first-order valence-corrected chi connectivity index (χ1v) is 4.50. The summed E-state index contributed by atoms with van der Waals surface area (Å²) in [7, 11) is 1.53. The van der Waals surface area contributed by atoms with E-state index in [-0.39, 0.29) is 11.9 Å². The van der Waals surface area contributed by atoms with Gasteiger partial charge >= 0.3 is 0 Å². The van der Waals surface area contributed by atoms with E-state index in [2.05, 4.69) is 11.4 Å². The van der Waals surface area contributed by atoms with Gasteiger partial charge in [0.1, 0.15) is 5.75 Å². The van der Waals surface area contributed by atoms with Crippen molar-refractivity contribution >= 4 is 5.91 Å². The lowest BCUT2D eigenvalue weighted by atomic mass is 10.2. The van der Waals surface area contributed by atoms with Crippen molar-refractivity contribution in [2.75, 3.05) is 7.11 Å². The number of nitrogens with one attached hydrogen (secondary N) is 1. The van der Waals surface area contributed by atoms with E-state index in [0.717, 1.165) is 0 Å². The number of benzene rings is 1. The minimum atomic E-state index is -0.131. The molecule has 1 radical (unpaired) electrons. The van der Waals surface area contributed by atoms with E-state index in [4.69, 9.17) is 4.74 Å². The maximum Gasteiger partial charge on any atom is 0.255 e. The molecule has 1 N–H and O–H groups in total. The smallest absolute Gasteiger partial charge is 0.255 e. The topological polar surface area (TPSA) is 38.3 Å². The number of methoxy groups -OCH3 is 1. The van der Waals surface area contributed by atoms with Crippen molar-refractivity contribution in [2.24, 2.45) is 0 Å². The zero-order chi connectivity index (χ0) is 10.6. The van der Waals surface area contributed by atoms with Crippen LogP contribution in [0.1, 0.15) is 24.2 Å². The maximum atomic E-state index is 11.6. The summed E-state index contributed by atoms with van der Waals surface area (Å²) in [5.41, 5.74) is 0.517. The van der Waals surface area contributed by atoms with Gasteiger partial charge in [0.25, 0.3) is 5.91 Å². The fourth-order valence-electron chi connectivity index (χ4n) is 1.11. The number of hydrogen-bond acceptors (Lipinski definition) is 2. The first kappa shape index (κ1) is 10.6. The third kappa shape index (κ3) is 2.49. The second kappa shape index (κ2) is 4.65. The summed E-state index contributed by atoms with van der Waals surface area (Å²) < 4.78 is 5.03. The minimum absolute atomic E-state index is 0.118. The fourth-order valence-corrected chi connectivity index (χ4v) is 1.11. The molecule has 75 valence electrons. The van der Waals surface area contributed by atoms with Gasteiger partial charge in [0.15, 0.2) is 0 Å². The summed E-state index contributed by atoms with van der Waals surface area (Å²) in [5.74, 6) is 0.347. The van der Waals surface area contributed by atoms with Gasteiger partial charge in [-0.05, 0) is 19.9 Å². The lowest BCUT2D eigenvalue weighted by Crippen LogP contribution is -2.30. The predicted molar refractivity (Wildman–Crippen MR) is 54.4 cm³/mol. The van der Waals surface area contributed by atoms with Crippen LogP contribution in [0.15, 0.2) is 18.2 Å². The highest BCUT2D eigenvalue weighted by Gasteiger charge is 2.11. The number of rotatable bonds is 3. The average molecular weight is 192 g/mol. The number of ether oxygens (including phenoxy) is 1. The summed E-state index contributed by atoms with van der Waals surface area (Å²) in [6.45, 7) is 3.83. The highest BCUT2D eigenvalue weighted by Crippen LogP contribution is 2.16. The van der Waals surface area contributed by atoms with Crippen LogP contribution < -0.4 is 10.1 Å². The number of carbonyl (C=O) groups is 1. The lowest BCUT2D eigenvalue weighted by Gasteiger charge is -2.10. The van der Waals surface area contributed by atoms with Gasteiger partial charge in [-0.3, -0.25) is 4.79 Å². The summed E-state index contributed by atoms with van der Waals surface area (Å²) in [5, 5.41) is 2.79. The molecule has 0 fully saturated rings. The number of hydrogen-bond donors (Lipinski definition) is 1. The Kier molecular flexibility index (Phi) is 3.51. The van der Waals surface area contributed by atoms with E-state index in [1.54, 1.807) is 18.2 Å². The monoisotopic (exact) mass is 192 g/mol. The van der Waals surface area contributed by atoms with Crippen LogP contribution in [0.4, 0.5) is 0 Å². The molecule has 0 aliphatic rings. The Morgan fingerprint density at radius 1 is 1.57 bits per heavy atom. The lowest BCUT2D eigenvalue weighted by molar-refractivity contribution is 0.0940. The van der Waals surface area contributed by atoms with Crippen LogP contribution in [0, 0.1) is 6.07 Å². The molecule has 0 aliphatic heterocycles. The van der Waals surface area contributed by atoms with Gasteiger partial charge in [-0.1, -0.05) is 12.1 Å². The molecule has 0 heterocycles. The standard InChI is InChI=1S/C11H14NO2/c1-8(2)12-11(13)9-6-4-5-7-10(9)14-3/h4-6,8H,1-3H3,(H,12,13). The van der Waals surface area contributed by atoms with Crippen LogP contribution in [0.2, 0.25) is 0 Å². The van der Waals surface area contributed by atoms with Crippen molar-refractivity contribution in [3.63, 3.8) is 0 Å². The maximum absolute atomic E-state index is 11.6. The van der Waals surface area contributed by atoms with Crippen LogP contribution in [0.5, 0.6) is 5.75 Å². The highest BCUT2D eigenvalue weighted by atomic mass is 16.5. The molecule has 0 bridgehead atoms. The Balaban J connectivity index is 2.88. The molecular formula is C11H14NO2. The first-order chi connectivity index (χ1) is 6.65. The molecular weight excluding hydrogens is 178 g/mol. The van der Waals surface area contributed by atoms with Crippen molar-refractivity contribution in [1.82, 2.24) is 5.32 Å². The van der Waals surface area contributed by atoms with Crippen LogP contribution in [0.25, 0.3) is 0 Å². The van der Waals surface area contributed by atoms with Crippen molar-refractivity contribution in [2.45, 2.75) is 19.9 Å². The molecule has 1 amide bonds. The van der Waals surface area contributed by atoms with Crippen molar-refractivity contribution in [1.29, 1.82) is 0 Å². The predicted octanol–water partition coefficient (Wildman–Crippen LogP) is 1.63. The van der Waals surface area contributed by atoms with Gasteiger partial charge in [-0.25, -0.2) is 0 Å². The largest absolute Gasteiger partial charge is 0.495 e. The van der Waals surface area contributed by atoms with E-state index in [1.807, 2.05) is 13.8 Å². The van der Waals surface area contributed by atoms with Crippen LogP contribution in [0.3, 0.4) is 0 Å². The second-order valence-electron chi connectivity index (χ2n) is 3.25. The Morgan fingerprint density at radius 3 is 2.86 bits per heavy atom. The molecule has 3 heteroatoms. The minimum Gasteiger partial charge on any atom is -0.495 e. The SMILES string of the molecule is COc1[c]cccc1C(=O)NC(C)C. The molecule has 0 saturated carbocycles. The normalized spacial score (nSPS) is 10.0. The Morgan fingerprint density at radius 2 is 2.29 bits per heavy atom. The fraction of sp³-hybridized carbons (Fsp3) is 0.364. The van der Waals surface area contributed by atoms with Crippen LogP contribution in [-0.2, 0) is 0 Å². The quantitative estimate of drug-likeness (QED) is 0.790. The van der Waals surface area contributed by atoms with Crippen molar-refractivity contribution in [3.05, 3.63) is 29.8 Å². The van der Waals surface area contributed by atoms with Gasteiger partial charge in [0.2, 0.25) is 0 Å². The van der Waals surface area contributed by atoms with Gasteiger partial charge in [-0.2, -0.15) is 0 Å². The molecule has 1 aromatic carbocycles.